The summed E-state index contributed by atoms with van der Waals surface area (Å²) in [6, 6.07) is 6.13. The molecule has 0 saturated carbocycles. The number of rotatable bonds is 4. The molecule has 19 heavy (non-hydrogen) atoms. The van der Waals surface area contributed by atoms with Gasteiger partial charge in [-0.25, -0.2) is 0 Å². The first-order chi connectivity index (χ1) is 9.10. The Bertz CT molecular complexity index is 454. The van der Waals surface area contributed by atoms with Crippen molar-refractivity contribution in [2.24, 2.45) is 5.73 Å². The summed E-state index contributed by atoms with van der Waals surface area (Å²) in [4.78, 5) is 15.3. The Labute approximate surface area is 113 Å². The van der Waals surface area contributed by atoms with E-state index in [1.165, 1.54) is 11.3 Å². The maximum absolute atomic E-state index is 10.9. The molecule has 1 heterocycles. The van der Waals surface area contributed by atoms with Crippen LogP contribution in [0.25, 0.3) is 0 Å². The Kier molecular flexibility index (Phi) is 4.27. The quantitative estimate of drug-likeness (QED) is 0.865. The normalized spacial score (nSPS) is 16.4. The molecule has 5 nitrogen and oxygen atoms in total. The van der Waals surface area contributed by atoms with E-state index < -0.39 is 0 Å². The third kappa shape index (κ3) is 3.38. The first-order valence-electron chi connectivity index (χ1n) is 6.50. The van der Waals surface area contributed by atoms with Gasteiger partial charge in [-0.1, -0.05) is 0 Å². The summed E-state index contributed by atoms with van der Waals surface area (Å²) in [5, 5.41) is 0. The van der Waals surface area contributed by atoms with E-state index in [2.05, 4.69) is 22.8 Å². The summed E-state index contributed by atoms with van der Waals surface area (Å²) in [7, 11) is 1.68. The highest BCUT2D eigenvalue weighted by Gasteiger charge is 2.19. The van der Waals surface area contributed by atoms with E-state index in [4.69, 9.17) is 10.5 Å². The zero-order chi connectivity index (χ0) is 13.8. The van der Waals surface area contributed by atoms with Gasteiger partial charge in [0.1, 0.15) is 5.75 Å². The molecule has 0 unspecified atom stereocenters. The molecule has 0 aliphatic carbocycles. The van der Waals surface area contributed by atoms with Crippen LogP contribution in [-0.2, 0) is 4.79 Å². The predicted octanol–water partition coefficient (Wildman–Crippen LogP) is 0.611. The summed E-state index contributed by atoms with van der Waals surface area (Å²) in [6.45, 7) is 6.02. The van der Waals surface area contributed by atoms with Crippen LogP contribution in [0.15, 0.2) is 18.2 Å². The van der Waals surface area contributed by atoms with Crippen LogP contribution in [-0.4, -0.2) is 50.6 Å². The number of carbonyl (C=O) groups is 1. The molecule has 104 valence electrons. The molecule has 5 heteroatoms. The molecule has 0 aromatic heterocycles. The number of hydrogen-bond donors (Lipinski definition) is 1. The molecule has 2 N–H and O–H groups in total. The minimum atomic E-state index is -0.255. The van der Waals surface area contributed by atoms with E-state index in [0.717, 1.165) is 31.9 Å². The lowest BCUT2D eigenvalue weighted by molar-refractivity contribution is -0.119. The molecule has 2 rings (SSSR count). The highest BCUT2D eigenvalue weighted by Crippen LogP contribution is 2.25. The number of ether oxygens (including phenoxy) is 1. The number of methoxy groups -OCH3 is 1. The Balaban J connectivity index is 1.99. The van der Waals surface area contributed by atoms with Gasteiger partial charge in [0.25, 0.3) is 0 Å². The van der Waals surface area contributed by atoms with Crippen molar-refractivity contribution >= 4 is 11.6 Å². The van der Waals surface area contributed by atoms with Crippen molar-refractivity contribution in [2.75, 3.05) is 44.7 Å². The molecule has 1 aliphatic heterocycles. The monoisotopic (exact) mass is 263 g/mol. The molecule has 1 saturated heterocycles. The fraction of sp³-hybridized carbons (Fsp3) is 0.500. The smallest absolute Gasteiger partial charge is 0.231 e. The lowest BCUT2D eigenvalue weighted by atomic mass is 10.1. The second-order valence-corrected chi connectivity index (χ2v) is 4.88. The van der Waals surface area contributed by atoms with E-state index in [9.17, 15) is 4.79 Å². The Morgan fingerprint density at radius 3 is 2.53 bits per heavy atom. The first-order valence-corrected chi connectivity index (χ1v) is 6.50. The summed E-state index contributed by atoms with van der Waals surface area (Å²) in [5.41, 5.74) is 7.66. The lowest BCUT2D eigenvalue weighted by Crippen LogP contribution is -2.49. The summed E-state index contributed by atoms with van der Waals surface area (Å²) >= 11 is 0. The van der Waals surface area contributed by atoms with Crippen molar-refractivity contribution in [3.63, 3.8) is 0 Å². The minimum Gasteiger partial charge on any atom is -0.497 e. The average Bonchev–Trinajstić information content (AvgIpc) is 2.39. The van der Waals surface area contributed by atoms with Crippen LogP contribution in [0.3, 0.4) is 0 Å². The van der Waals surface area contributed by atoms with Gasteiger partial charge in [0.15, 0.2) is 0 Å². The van der Waals surface area contributed by atoms with Gasteiger partial charge < -0.3 is 15.4 Å². The maximum Gasteiger partial charge on any atom is 0.231 e. The number of nitrogens with two attached hydrogens (primary N) is 1. The van der Waals surface area contributed by atoms with Gasteiger partial charge in [-0.05, 0) is 30.7 Å². The van der Waals surface area contributed by atoms with Crippen molar-refractivity contribution < 1.29 is 9.53 Å². The van der Waals surface area contributed by atoms with E-state index in [1.807, 2.05) is 12.1 Å². The van der Waals surface area contributed by atoms with Crippen molar-refractivity contribution in [3.8, 4) is 5.75 Å². The van der Waals surface area contributed by atoms with E-state index in [-0.39, 0.29) is 5.91 Å². The van der Waals surface area contributed by atoms with Gasteiger partial charge in [0.05, 0.1) is 13.7 Å². The Morgan fingerprint density at radius 2 is 2.00 bits per heavy atom. The van der Waals surface area contributed by atoms with Gasteiger partial charge in [0, 0.05) is 31.9 Å². The number of amides is 1. The fourth-order valence-electron chi connectivity index (χ4n) is 2.48. The van der Waals surface area contributed by atoms with Crippen molar-refractivity contribution in [1.82, 2.24) is 4.90 Å². The van der Waals surface area contributed by atoms with Gasteiger partial charge in [-0.15, -0.1) is 0 Å². The number of aryl methyl sites for hydroxylation is 1. The first kappa shape index (κ1) is 13.7. The molecule has 0 spiro atoms. The minimum absolute atomic E-state index is 0.255. The van der Waals surface area contributed by atoms with Gasteiger partial charge in [-0.3, -0.25) is 9.69 Å². The average molecular weight is 263 g/mol. The number of anilines is 1. The summed E-state index contributed by atoms with van der Waals surface area (Å²) in [5.74, 6) is 0.627. The van der Waals surface area contributed by atoms with E-state index in [0.29, 0.717) is 6.54 Å². The molecular weight excluding hydrogens is 242 g/mol. The largest absolute Gasteiger partial charge is 0.497 e. The Morgan fingerprint density at radius 1 is 1.32 bits per heavy atom. The van der Waals surface area contributed by atoms with Crippen LogP contribution in [0.4, 0.5) is 5.69 Å². The Hall–Kier alpha value is -1.75. The van der Waals surface area contributed by atoms with Crippen LogP contribution in [0.1, 0.15) is 5.56 Å². The summed E-state index contributed by atoms with van der Waals surface area (Å²) < 4.78 is 5.22. The molecule has 1 fully saturated rings. The van der Waals surface area contributed by atoms with Crippen molar-refractivity contribution in [2.45, 2.75) is 6.92 Å². The molecule has 1 aliphatic rings. The van der Waals surface area contributed by atoms with Crippen molar-refractivity contribution in [3.05, 3.63) is 23.8 Å². The highest BCUT2D eigenvalue weighted by atomic mass is 16.5. The standard InChI is InChI=1S/C14H21N3O2/c1-11-9-12(19-2)3-4-13(11)17-7-5-16(6-8-17)10-14(15)18/h3-4,9H,5-8,10H2,1-2H3,(H2,15,18). The van der Waals surface area contributed by atoms with Crippen molar-refractivity contribution in [1.29, 1.82) is 0 Å². The topological polar surface area (TPSA) is 58.8 Å². The van der Waals surface area contributed by atoms with E-state index >= 15 is 0 Å². The zero-order valence-electron chi connectivity index (χ0n) is 11.6. The number of benzene rings is 1. The number of piperazine rings is 1. The second-order valence-electron chi connectivity index (χ2n) is 4.88. The second kappa shape index (κ2) is 5.93. The van der Waals surface area contributed by atoms with Crippen LogP contribution < -0.4 is 15.4 Å². The maximum atomic E-state index is 10.9. The SMILES string of the molecule is COc1ccc(N2CCN(CC(N)=O)CC2)c(C)c1. The van der Waals surface area contributed by atoms with Crippen LogP contribution in [0.5, 0.6) is 5.75 Å². The molecule has 0 atom stereocenters. The number of primary amides is 1. The molecule has 1 aromatic rings. The number of carbonyl (C=O) groups excluding carboxylic acids is 1. The molecule has 0 radical (unpaired) electrons. The molecule has 1 aromatic carbocycles. The lowest BCUT2D eigenvalue weighted by Gasteiger charge is -2.36. The van der Waals surface area contributed by atoms with Crippen LogP contribution in [0, 0.1) is 6.92 Å². The molecule has 1 amide bonds. The number of hydrogen-bond acceptors (Lipinski definition) is 4. The number of nitrogens with zero attached hydrogens (tertiary/aromatic N) is 2. The van der Waals surface area contributed by atoms with E-state index in [1.54, 1.807) is 7.11 Å². The molecule has 0 bridgehead atoms. The summed E-state index contributed by atoms with van der Waals surface area (Å²) in [6.07, 6.45) is 0. The third-order valence-corrected chi connectivity index (χ3v) is 3.50. The van der Waals surface area contributed by atoms with Gasteiger partial charge in [-0.2, -0.15) is 0 Å². The zero-order valence-corrected chi connectivity index (χ0v) is 11.6. The molecular formula is C14H21N3O2. The predicted molar refractivity (Wildman–Crippen MR) is 75.6 cm³/mol. The van der Waals surface area contributed by atoms with Gasteiger partial charge >= 0.3 is 0 Å². The highest BCUT2D eigenvalue weighted by molar-refractivity contribution is 5.76. The van der Waals surface area contributed by atoms with Crippen LogP contribution >= 0.6 is 0 Å². The van der Waals surface area contributed by atoms with Crippen LogP contribution in [0.2, 0.25) is 0 Å². The fourth-order valence-corrected chi connectivity index (χ4v) is 2.48. The van der Waals surface area contributed by atoms with Gasteiger partial charge in [0.2, 0.25) is 5.91 Å². The third-order valence-electron chi connectivity index (χ3n) is 3.50.